The van der Waals surface area contributed by atoms with Crippen LogP contribution in [-0.2, 0) is 15.8 Å². The number of pyridine rings is 1. The number of nitrogens with two attached hydrogens (primary N) is 1. The summed E-state index contributed by atoms with van der Waals surface area (Å²) in [5.41, 5.74) is -0.488. The third-order valence-corrected chi connectivity index (χ3v) is 7.96. The highest BCUT2D eigenvalue weighted by Crippen LogP contribution is 2.48. The predicted octanol–water partition coefficient (Wildman–Crippen LogP) is 3.54. The van der Waals surface area contributed by atoms with Gasteiger partial charge in [-0.25, -0.2) is 14.4 Å². The van der Waals surface area contributed by atoms with Crippen LogP contribution in [0.25, 0.3) is 11.3 Å². The predicted molar refractivity (Wildman–Crippen MR) is 128 cm³/mol. The molecule has 0 saturated heterocycles. The summed E-state index contributed by atoms with van der Waals surface area (Å²) in [6.45, 7) is -0.142. The van der Waals surface area contributed by atoms with E-state index in [1.807, 2.05) is 0 Å². The zero-order chi connectivity index (χ0) is 27.5. The summed E-state index contributed by atoms with van der Waals surface area (Å²) < 4.78 is 62.5. The Hall–Kier alpha value is -3.58. The molecule has 0 unspecified atom stereocenters. The topological polar surface area (TPSA) is 127 Å². The van der Waals surface area contributed by atoms with Gasteiger partial charge in [0.05, 0.1) is 23.4 Å². The van der Waals surface area contributed by atoms with Gasteiger partial charge in [0.2, 0.25) is 11.5 Å². The molecule has 0 bridgehead atoms. The van der Waals surface area contributed by atoms with Crippen LogP contribution in [-0.4, -0.2) is 46.2 Å². The van der Waals surface area contributed by atoms with Crippen molar-refractivity contribution in [2.75, 3.05) is 13.2 Å². The minimum atomic E-state index is -5.29. The number of nitrogens with one attached hydrogen (secondary N) is 1. The van der Waals surface area contributed by atoms with Gasteiger partial charge >= 0.3 is 6.18 Å². The SMILES string of the molecule is C[C@]1(C(N)=O)COc2c1cc([C@@](O)(CNC(=O)c1cnc(C3CC3)s1)C(F)(F)F)nc2-c1ccc(F)cc1. The Labute approximate surface area is 217 Å². The summed E-state index contributed by atoms with van der Waals surface area (Å²) in [5, 5.41) is 13.9. The van der Waals surface area contributed by atoms with Crippen molar-refractivity contribution in [2.45, 2.75) is 42.9 Å². The van der Waals surface area contributed by atoms with Crippen LogP contribution < -0.4 is 15.8 Å². The number of halogens is 4. The summed E-state index contributed by atoms with van der Waals surface area (Å²) in [6, 6.07) is 5.64. The highest BCUT2D eigenvalue weighted by atomic mass is 32.1. The molecular formula is C25H22F4N4O4S. The Morgan fingerprint density at radius 1 is 1.26 bits per heavy atom. The van der Waals surface area contributed by atoms with Gasteiger partial charge in [-0.1, -0.05) is 0 Å². The quantitative estimate of drug-likeness (QED) is 0.386. The molecule has 200 valence electrons. The summed E-state index contributed by atoms with van der Waals surface area (Å²) in [6.07, 6.45) is -2.12. The molecule has 2 atom stereocenters. The van der Waals surface area contributed by atoms with Crippen LogP contribution in [0, 0.1) is 5.82 Å². The average molecular weight is 551 g/mol. The number of nitrogens with zero attached hydrogens (tertiary/aromatic N) is 2. The maximum atomic E-state index is 14.4. The zero-order valence-corrected chi connectivity index (χ0v) is 20.8. The van der Waals surface area contributed by atoms with Gasteiger partial charge in [-0.3, -0.25) is 9.59 Å². The molecule has 5 rings (SSSR count). The Bertz CT molecular complexity index is 1420. The van der Waals surface area contributed by atoms with Crippen molar-refractivity contribution in [1.82, 2.24) is 15.3 Å². The molecule has 2 amide bonds. The molecule has 38 heavy (non-hydrogen) atoms. The van der Waals surface area contributed by atoms with Crippen molar-refractivity contribution < 1.29 is 37.0 Å². The molecule has 3 aromatic rings. The van der Waals surface area contributed by atoms with Crippen LogP contribution in [0.2, 0.25) is 0 Å². The van der Waals surface area contributed by atoms with Crippen molar-refractivity contribution >= 4 is 23.2 Å². The lowest BCUT2D eigenvalue weighted by Crippen LogP contribution is -2.51. The second-order valence-corrected chi connectivity index (χ2v) is 10.7. The number of aliphatic hydroxyl groups is 1. The number of rotatable bonds is 7. The highest BCUT2D eigenvalue weighted by molar-refractivity contribution is 7.13. The number of ether oxygens (including phenoxy) is 1. The lowest BCUT2D eigenvalue weighted by atomic mass is 9.81. The molecule has 4 N–H and O–H groups in total. The zero-order valence-electron chi connectivity index (χ0n) is 19.9. The number of carbonyl (C=O) groups is 2. The largest absolute Gasteiger partial charge is 0.489 e. The van der Waals surface area contributed by atoms with Gasteiger partial charge in [0.1, 0.15) is 34.2 Å². The Kier molecular flexibility index (Phi) is 6.18. The van der Waals surface area contributed by atoms with E-state index in [1.54, 1.807) is 0 Å². The van der Waals surface area contributed by atoms with Crippen LogP contribution in [0.4, 0.5) is 17.6 Å². The molecule has 0 radical (unpaired) electrons. The second-order valence-electron chi connectivity index (χ2n) is 9.60. The number of thiazole rings is 1. The second kappa shape index (κ2) is 9.02. The molecular weight excluding hydrogens is 528 g/mol. The van der Waals surface area contributed by atoms with Crippen LogP contribution >= 0.6 is 11.3 Å². The molecule has 1 aliphatic carbocycles. The normalized spacial score (nSPS) is 20.4. The number of carbonyl (C=O) groups excluding carboxylic acids is 2. The van der Waals surface area contributed by atoms with Gasteiger partial charge in [0.15, 0.2) is 0 Å². The van der Waals surface area contributed by atoms with E-state index >= 15 is 0 Å². The van der Waals surface area contributed by atoms with E-state index in [-0.39, 0.29) is 40.0 Å². The monoisotopic (exact) mass is 550 g/mol. The van der Waals surface area contributed by atoms with Crippen molar-refractivity contribution in [2.24, 2.45) is 5.73 Å². The third-order valence-electron chi connectivity index (χ3n) is 6.81. The van der Waals surface area contributed by atoms with E-state index in [0.29, 0.717) is 0 Å². The number of hydrogen-bond acceptors (Lipinski definition) is 7. The molecule has 1 aromatic carbocycles. The number of alkyl halides is 3. The number of primary amides is 1. The van der Waals surface area contributed by atoms with Crippen LogP contribution in [0.5, 0.6) is 5.75 Å². The van der Waals surface area contributed by atoms with Crippen molar-refractivity contribution in [3.8, 4) is 17.0 Å². The van der Waals surface area contributed by atoms with Crippen molar-refractivity contribution in [3.63, 3.8) is 0 Å². The first-order valence-corrected chi connectivity index (χ1v) is 12.4. The maximum absolute atomic E-state index is 14.4. The third kappa shape index (κ3) is 4.39. The summed E-state index contributed by atoms with van der Waals surface area (Å²) in [7, 11) is 0. The molecule has 3 heterocycles. The Balaban J connectivity index is 1.57. The first-order valence-electron chi connectivity index (χ1n) is 11.6. The fraction of sp³-hybridized carbons (Fsp3) is 0.360. The molecule has 1 saturated carbocycles. The number of amides is 2. The maximum Gasteiger partial charge on any atom is 0.424 e. The summed E-state index contributed by atoms with van der Waals surface area (Å²) in [5.74, 6) is -2.03. The van der Waals surface area contributed by atoms with Crippen LogP contribution in [0.3, 0.4) is 0 Å². The van der Waals surface area contributed by atoms with E-state index in [0.717, 1.165) is 47.4 Å². The van der Waals surface area contributed by atoms with Gasteiger partial charge in [-0.05, 0) is 50.1 Å². The number of aromatic nitrogens is 2. The lowest BCUT2D eigenvalue weighted by molar-refractivity contribution is -0.265. The molecule has 1 aliphatic heterocycles. The van der Waals surface area contributed by atoms with E-state index in [2.05, 4.69) is 15.3 Å². The lowest BCUT2D eigenvalue weighted by Gasteiger charge is -2.31. The van der Waals surface area contributed by atoms with Gasteiger partial charge in [-0.2, -0.15) is 13.2 Å². The van der Waals surface area contributed by atoms with Gasteiger partial charge in [0.25, 0.3) is 5.91 Å². The Morgan fingerprint density at radius 2 is 1.95 bits per heavy atom. The molecule has 1 fully saturated rings. The first kappa shape index (κ1) is 26.0. The van der Waals surface area contributed by atoms with E-state index in [1.165, 1.54) is 25.3 Å². The Morgan fingerprint density at radius 3 is 2.55 bits per heavy atom. The van der Waals surface area contributed by atoms with Gasteiger partial charge < -0.3 is 20.9 Å². The number of benzene rings is 1. The number of fused-ring (bicyclic) bond motifs is 1. The van der Waals surface area contributed by atoms with Gasteiger partial charge in [0, 0.05) is 17.0 Å². The summed E-state index contributed by atoms with van der Waals surface area (Å²) in [4.78, 5) is 33.3. The van der Waals surface area contributed by atoms with Crippen LogP contribution in [0.1, 0.15) is 51.6 Å². The van der Waals surface area contributed by atoms with E-state index in [4.69, 9.17) is 10.5 Å². The van der Waals surface area contributed by atoms with Crippen LogP contribution in [0.15, 0.2) is 36.5 Å². The highest BCUT2D eigenvalue weighted by Gasteiger charge is 2.57. The first-order chi connectivity index (χ1) is 17.8. The fourth-order valence-corrected chi connectivity index (χ4v) is 5.15. The minimum absolute atomic E-state index is 0.00696. The average Bonchev–Trinajstić information content (AvgIpc) is 3.49. The standard InChI is InChI=1S/C25H22F4N4O4S/c1-23(22(30)35)11-37-19-15(23)8-17(33-18(19)12-4-6-14(26)7-5-12)24(36,25(27,28)29)10-32-20(34)16-9-31-21(38-16)13-2-3-13/h4-9,13,36H,2-3,10-11H2,1H3,(H2,30,35)(H,32,34)/t23-,24-/m0/s1. The fourth-order valence-electron chi connectivity index (χ4n) is 4.15. The molecule has 8 nitrogen and oxygen atoms in total. The molecule has 2 aromatic heterocycles. The van der Waals surface area contributed by atoms with E-state index in [9.17, 15) is 32.3 Å². The minimum Gasteiger partial charge on any atom is -0.489 e. The van der Waals surface area contributed by atoms with E-state index < -0.39 is 47.1 Å². The molecule has 13 heteroatoms. The number of hydrogen-bond donors (Lipinski definition) is 3. The smallest absolute Gasteiger partial charge is 0.424 e. The molecule has 2 aliphatic rings. The van der Waals surface area contributed by atoms with Crippen molar-refractivity contribution in [1.29, 1.82) is 0 Å². The van der Waals surface area contributed by atoms with Crippen molar-refractivity contribution in [3.05, 3.63) is 63.5 Å². The van der Waals surface area contributed by atoms with Gasteiger partial charge in [-0.15, -0.1) is 11.3 Å². The summed E-state index contributed by atoms with van der Waals surface area (Å²) >= 11 is 1.09. The molecule has 0 spiro atoms.